The Kier molecular flexibility index (Phi) is 5.34. The van der Waals surface area contributed by atoms with E-state index in [1.54, 1.807) is 6.33 Å². The molecule has 0 aliphatic rings. The lowest BCUT2D eigenvalue weighted by Gasteiger charge is -2.23. The van der Waals surface area contributed by atoms with Gasteiger partial charge in [-0.1, -0.05) is 13.8 Å². The monoisotopic (exact) mass is 253 g/mol. The zero-order valence-corrected chi connectivity index (χ0v) is 11.4. The minimum Gasteiger partial charge on any atom is -0.481 e. The molecule has 1 rings (SSSR count). The maximum Gasteiger partial charge on any atom is 0.303 e. The van der Waals surface area contributed by atoms with Crippen molar-refractivity contribution >= 4 is 5.97 Å². The average Bonchev–Trinajstić information content (AvgIpc) is 2.68. The number of rotatable bonds is 8. The van der Waals surface area contributed by atoms with E-state index in [1.807, 2.05) is 17.8 Å². The lowest BCUT2D eigenvalue weighted by Crippen LogP contribution is -2.23. The average molecular weight is 253 g/mol. The summed E-state index contributed by atoms with van der Waals surface area (Å²) in [5, 5.41) is 12.0. The number of nitrogens with one attached hydrogen (secondary N) is 1. The quantitative estimate of drug-likeness (QED) is 0.693. The Hall–Kier alpha value is -1.36. The summed E-state index contributed by atoms with van der Waals surface area (Å²) < 4.78 is 1.99. The number of carbonyl (C=O) groups is 1. The van der Waals surface area contributed by atoms with Gasteiger partial charge in [0.2, 0.25) is 0 Å². The second kappa shape index (κ2) is 6.54. The molecule has 18 heavy (non-hydrogen) atoms. The van der Waals surface area contributed by atoms with Gasteiger partial charge in [0.25, 0.3) is 0 Å². The molecule has 0 radical (unpaired) electrons. The van der Waals surface area contributed by atoms with Gasteiger partial charge in [-0.15, -0.1) is 0 Å². The van der Waals surface area contributed by atoms with E-state index in [2.05, 4.69) is 24.1 Å². The molecule has 0 bridgehead atoms. The van der Waals surface area contributed by atoms with Gasteiger partial charge >= 0.3 is 5.97 Å². The van der Waals surface area contributed by atoms with Crippen LogP contribution in [0.1, 0.15) is 38.8 Å². The summed E-state index contributed by atoms with van der Waals surface area (Å²) in [6, 6.07) is 0. The summed E-state index contributed by atoms with van der Waals surface area (Å²) in [5.41, 5.74) is 1.22. The first-order valence-electron chi connectivity index (χ1n) is 6.28. The molecule has 5 nitrogen and oxygen atoms in total. The predicted molar refractivity (Wildman–Crippen MR) is 70.2 cm³/mol. The van der Waals surface area contributed by atoms with Gasteiger partial charge in [-0.25, -0.2) is 4.98 Å². The van der Waals surface area contributed by atoms with Gasteiger partial charge in [-0.3, -0.25) is 4.79 Å². The maximum absolute atomic E-state index is 10.5. The van der Waals surface area contributed by atoms with E-state index in [9.17, 15) is 4.79 Å². The molecule has 2 N–H and O–H groups in total. The number of aryl methyl sites for hydroxylation is 1. The van der Waals surface area contributed by atoms with E-state index in [4.69, 9.17) is 5.11 Å². The Morgan fingerprint density at radius 2 is 2.22 bits per heavy atom. The van der Waals surface area contributed by atoms with Crippen molar-refractivity contribution in [1.29, 1.82) is 0 Å². The highest BCUT2D eigenvalue weighted by Crippen LogP contribution is 2.25. The van der Waals surface area contributed by atoms with Crippen molar-refractivity contribution in [2.75, 3.05) is 6.54 Å². The Labute approximate surface area is 108 Å². The van der Waals surface area contributed by atoms with Gasteiger partial charge in [-0.05, 0) is 24.8 Å². The first-order valence-corrected chi connectivity index (χ1v) is 6.28. The zero-order chi connectivity index (χ0) is 13.6. The van der Waals surface area contributed by atoms with Crippen LogP contribution in [0.2, 0.25) is 0 Å². The Morgan fingerprint density at radius 1 is 1.50 bits per heavy atom. The van der Waals surface area contributed by atoms with Crippen LogP contribution in [-0.2, 0) is 18.4 Å². The number of nitrogens with zero attached hydrogens (tertiary/aromatic N) is 2. The molecule has 1 aromatic heterocycles. The van der Waals surface area contributed by atoms with Crippen LogP contribution in [-0.4, -0.2) is 27.2 Å². The standard InChI is InChI=1S/C13H23N3O2/c1-13(2,5-4-12(17)18)6-7-14-8-11-9-15-10-16(11)3/h9-10,14H,4-8H2,1-3H3,(H,17,18). The van der Waals surface area contributed by atoms with Gasteiger partial charge < -0.3 is 15.0 Å². The predicted octanol–water partition coefficient (Wildman–Crippen LogP) is 1.79. The van der Waals surface area contributed by atoms with Crippen LogP contribution in [0.3, 0.4) is 0 Å². The number of carboxylic acid groups (broad SMARTS) is 1. The summed E-state index contributed by atoms with van der Waals surface area (Å²) in [5.74, 6) is -0.717. The van der Waals surface area contributed by atoms with E-state index in [1.165, 1.54) is 0 Å². The zero-order valence-electron chi connectivity index (χ0n) is 11.4. The van der Waals surface area contributed by atoms with Crippen LogP contribution in [0.5, 0.6) is 0 Å². The third kappa shape index (κ3) is 5.31. The fraction of sp³-hybridized carbons (Fsp3) is 0.692. The van der Waals surface area contributed by atoms with Crippen LogP contribution in [0.4, 0.5) is 0 Å². The molecule has 0 spiro atoms. The van der Waals surface area contributed by atoms with E-state index >= 15 is 0 Å². The number of aliphatic carboxylic acids is 1. The topological polar surface area (TPSA) is 67.2 Å². The molecule has 0 saturated heterocycles. The first kappa shape index (κ1) is 14.7. The molecular formula is C13H23N3O2. The van der Waals surface area contributed by atoms with E-state index in [-0.39, 0.29) is 11.8 Å². The highest BCUT2D eigenvalue weighted by atomic mass is 16.4. The van der Waals surface area contributed by atoms with Gasteiger partial charge in [0.15, 0.2) is 0 Å². The second-order valence-electron chi connectivity index (χ2n) is 5.48. The summed E-state index contributed by atoms with van der Waals surface area (Å²) in [4.78, 5) is 14.6. The lowest BCUT2D eigenvalue weighted by molar-refractivity contribution is -0.137. The van der Waals surface area contributed by atoms with Crippen molar-refractivity contribution in [2.45, 2.75) is 39.7 Å². The minimum absolute atomic E-state index is 0.0673. The maximum atomic E-state index is 10.5. The van der Waals surface area contributed by atoms with Crippen LogP contribution in [0, 0.1) is 5.41 Å². The smallest absolute Gasteiger partial charge is 0.303 e. The minimum atomic E-state index is -0.717. The summed E-state index contributed by atoms with van der Waals surface area (Å²) in [7, 11) is 1.97. The number of hydrogen-bond donors (Lipinski definition) is 2. The molecule has 0 atom stereocenters. The highest BCUT2D eigenvalue weighted by molar-refractivity contribution is 5.66. The molecule has 5 heteroatoms. The molecular weight excluding hydrogens is 230 g/mol. The largest absolute Gasteiger partial charge is 0.481 e. The van der Waals surface area contributed by atoms with Gasteiger partial charge in [0.1, 0.15) is 0 Å². The molecule has 0 unspecified atom stereocenters. The van der Waals surface area contributed by atoms with E-state index in [0.717, 1.165) is 31.6 Å². The normalized spacial score (nSPS) is 11.7. The van der Waals surface area contributed by atoms with Crippen LogP contribution in [0.25, 0.3) is 0 Å². The molecule has 0 saturated carbocycles. The Bertz CT molecular complexity index is 385. The highest BCUT2D eigenvalue weighted by Gasteiger charge is 2.18. The van der Waals surface area contributed by atoms with Crippen molar-refractivity contribution < 1.29 is 9.90 Å². The molecule has 0 fully saturated rings. The molecule has 0 aliphatic carbocycles. The molecule has 102 valence electrons. The fourth-order valence-electron chi connectivity index (χ4n) is 1.77. The van der Waals surface area contributed by atoms with Crippen LogP contribution >= 0.6 is 0 Å². The van der Waals surface area contributed by atoms with Crippen LogP contribution in [0.15, 0.2) is 12.5 Å². The van der Waals surface area contributed by atoms with Gasteiger partial charge in [-0.2, -0.15) is 0 Å². The lowest BCUT2D eigenvalue weighted by atomic mass is 9.84. The van der Waals surface area contributed by atoms with Crippen molar-refractivity contribution in [2.24, 2.45) is 12.5 Å². The number of imidazole rings is 1. The summed E-state index contributed by atoms with van der Waals surface area (Å²) in [6.45, 7) is 5.91. The summed E-state index contributed by atoms with van der Waals surface area (Å²) >= 11 is 0. The first-order chi connectivity index (χ1) is 8.41. The number of aromatic nitrogens is 2. The van der Waals surface area contributed by atoms with Crippen LogP contribution < -0.4 is 5.32 Å². The van der Waals surface area contributed by atoms with Crippen molar-refractivity contribution in [1.82, 2.24) is 14.9 Å². The molecule has 0 aliphatic heterocycles. The summed E-state index contributed by atoms with van der Waals surface area (Å²) in [6.07, 6.45) is 5.57. The molecule has 1 heterocycles. The Morgan fingerprint density at radius 3 is 2.78 bits per heavy atom. The molecule has 0 aromatic carbocycles. The van der Waals surface area contributed by atoms with Crippen molar-refractivity contribution in [3.8, 4) is 0 Å². The van der Waals surface area contributed by atoms with Crippen molar-refractivity contribution in [3.05, 3.63) is 18.2 Å². The second-order valence-corrected chi connectivity index (χ2v) is 5.48. The molecule has 1 aromatic rings. The van der Waals surface area contributed by atoms with Gasteiger partial charge in [0, 0.05) is 26.2 Å². The third-order valence-corrected chi connectivity index (χ3v) is 3.22. The third-order valence-electron chi connectivity index (χ3n) is 3.22. The van der Waals surface area contributed by atoms with Crippen molar-refractivity contribution in [3.63, 3.8) is 0 Å². The number of hydrogen-bond acceptors (Lipinski definition) is 3. The van der Waals surface area contributed by atoms with E-state index < -0.39 is 5.97 Å². The fourth-order valence-corrected chi connectivity index (χ4v) is 1.77. The molecule has 0 amide bonds. The Balaban J connectivity index is 2.20. The SMILES string of the molecule is Cn1cncc1CNCCC(C)(C)CCC(=O)O. The number of carboxylic acids is 1. The van der Waals surface area contributed by atoms with E-state index in [0.29, 0.717) is 0 Å². The van der Waals surface area contributed by atoms with Gasteiger partial charge in [0.05, 0.1) is 12.0 Å².